The summed E-state index contributed by atoms with van der Waals surface area (Å²) in [6.45, 7) is 8.63. The van der Waals surface area contributed by atoms with E-state index in [1.807, 2.05) is 20.8 Å². The van der Waals surface area contributed by atoms with E-state index in [-0.39, 0.29) is 5.91 Å². The molecule has 0 aromatic rings. The van der Waals surface area contributed by atoms with E-state index >= 15 is 0 Å². The molecule has 2 aliphatic rings. The molecule has 120 valence electrons. The van der Waals surface area contributed by atoms with Crippen LogP contribution in [0.3, 0.4) is 0 Å². The lowest BCUT2D eigenvalue weighted by atomic mass is 9.99. The van der Waals surface area contributed by atoms with Crippen molar-refractivity contribution in [1.29, 1.82) is 0 Å². The highest BCUT2D eigenvalue weighted by molar-refractivity contribution is 5.80. The van der Waals surface area contributed by atoms with Gasteiger partial charge in [-0.25, -0.2) is 14.8 Å². The Morgan fingerprint density at radius 2 is 2.14 bits per heavy atom. The van der Waals surface area contributed by atoms with Gasteiger partial charge in [-0.3, -0.25) is 4.79 Å². The number of nitrogens with one attached hydrogen (secondary N) is 1. The first-order valence-electron chi connectivity index (χ1n) is 7.88. The third-order valence-electron chi connectivity index (χ3n) is 3.77. The van der Waals surface area contributed by atoms with Gasteiger partial charge in [-0.1, -0.05) is 0 Å². The monoisotopic (exact) mass is 297 g/mol. The minimum absolute atomic E-state index is 0.0256. The van der Waals surface area contributed by atoms with Crippen LogP contribution in [0.15, 0.2) is 0 Å². The number of ether oxygens (including phenoxy) is 1. The Morgan fingerprint density at radius 1 is 1.38 bits per heavy atom. The summed E-state index contributed by atoms with van der Waals surface area (Å²) in [5.41, 5.74) is -0.546. The van der Waals surface area contributed by atoms with Crippen molar-refractivity contribution in [2.45, 2.75) is 52.1 Å². The van der Waals surface area contributed by atoms with Crippen LogP contribution in [0.25, 0.3) is 0 Å². The molecule has 1 N–H and O–H groups in total. The van der Waals surface area contributed by atoms with E-state index in [9.17, 15) is 9.59 Å². The van der Waals surface area contributed by atoms with Gasteiger partial charge < -0.3 is 10.1 Å². The fourth-order valence-corrected chi connectivity index (χ4v) is 2.79. The van der Waals surface area contributed by atoms with Gasteiger partial charge >= 0.3 is 6.09 Å². The molecule has 6 nitrogen and oxygen atoms in total. The molecule has 0 bridgehead atoms. The summed E-state index contributed by atoms with van der Waals surface area (Å²) < 4.78 is 5.42. The molecule has 2 heterocycles. The van der Waals surface area contributed by atoms with Crippen LogP contribution >= 0.6 is 0 Å². The van der Waals surface area contributed by atoms with Crippen LogP contribution in [0.1, 0.15) is 46.5 Å². The van der Waals surface area contributed by atoms with Crippen molar-refractivity contribution in [1.82, 2.24) is 15.3 Å². The van der Waals surface area contributed by atoms with Crippen LogP contribution in [-0.4, -0.2) is 53.8 Å². The van der Waals surface area contributed by atoms with Crippen LogP contribution in [-0.2, 0) is 9.53 Å². The Morgan fingerprint density at radius 3 is 2.76 bits per heavy atom. The van der Waals surface area contributed by atoms with E-state index in [0.29, 0.717) is 31.8 Å². The minimum atomic E-state index is -0.546. The number of carbonyl (C=O) groups excluding carboxylic acids is 2. The predicted molar refractivity (Wildman–Crippen MR) is 79.5 cm³/mol. The first-order valence-corrected chi connectivity index (χ1v) is 7.88. The number of hydrazine groups is 1. The van der Waals surface area contributed by atoms with Crippen LogP contribution in [0.2, 0.25) is 0 Å². The molecule has 0 aromatic heterocycles. The fraction of sp³-hybridized carbons (Fsp3) is 0.867. The normalized spacial score (nSPS) is 24.1. The topological polar surface area (TPSA) is 61.9 Å². The average Bonchev–Trinajstić information content (AvgIpc) is 2.40. The van der Waals surface area contributed by atoms with Gasteiger partial charge in [-0.2, -0.15) is 0 Å². The third kappa shape index (κ3) is 4.59. The molecular formula is C15H27N3O3. The predicted octanol–water partition coefficient (Wildman–Crippen LogP) is 1.76. The molecule has 2 rings (SSSR count). The maximum atomic E-state index is 12.3. The molecule has 0 saturated carbocycles. The summed E-state index contributed by atoms with van der Waals surface area (Å²) >= 11 is 0. The molecule has 0 aliphatic carbocycles. The van der Waals surface area contributed by atoms with Gasteiger partial charge in [0.1, 0.15) is 5.60 Å². The zero-order chi connectivity index (χ0) is 15.5. The Kier molecular flexibility index (Phi) is 5.08. The minimum Gasteiger partial charge on any atom is -0.442 e. The molecule has 2 amide bonds. The van der Waals surface area contributed by atoms with Crippen molar-refractivity contribution >= 4 is 12.0 Å². The van der Waals surface area contributed by atoms with Gasteiger partial charge in [-0.15, -0.1) is 0 Å². The second kappa shape index (κ2) is 6.64. The lowest BCUT2D eigenvalue weighted by molar-refractivity contribution is -0.155. The van der Waals surface area contributed by atoms with Gasteiger partial charge in [0.05, 0.1) is 0 Å². The van der Waals surface area contributed by atoms with E-state index in [1.165, 1.54) is 5.01 Å². The summed E-state index contributed by atoms with van der Waals surface area (Å²) in [6.07, 6.45) is 3.02. The number of rotatable bonds is 2. The Balaban J connectivity index is 2.02. The molecule has 0 aromatic carbocycles. The zero-order valence-corrected chi connectivity index (χ0v) is 13.4. The number of hydrogen-bond acceptors (Lipinski definition) is 4. The molecule has 0 spiro atoms. The van der Waals surface area contributed by atoms with Gasteiger partial charge in [0.15, 0.2) is 0 Å². The average molecular weight is 297 g/mol. The molecule has 1 atom stereocenters. The van der Waals surface area contributed by atoms with E-state index < -0.39 is 11.7 Å². The van der Waals surface area contributed by atoms with Crippen molar-refractivity contribution in [3.63, 3.8) is 0 Å². The first kappa shape index (κ1) is 16.1. The molecule has 21 heavy (non-hydrogen) atoms. The molecule has 2 saturated heterocycles. The molecule has 0 radical (unpaired) electrons. The van der Waals surface area contributed by atoms with Crippen LogP contribution < -0.4 is 5.32 Å². The quantitative estimate of drug-likeness (QED) is 0.843. The summed E-state index contributed by atoms with van der Waals surface area (Å²) in [5.74, 6) is 0.434. The fourth-order valence-electron chi connectivity index (χ4n) is 2.79. The maximum absolute atomic E-state index is 12.3. The van der Waals surface area contributed by atoms with Crippen molar-refractivity contribution in [3.8, 4) is 0 Å². The number of hydrogen-bond donors (Lipinski definition) is 1. The number of amides is 2. The summed E-state index contributed by atoms with van der Waals surface area (Å²) in [4.78, 5) is 24.5. The van der Waals surface area contributed by atoms with Crippen molar-refractivity contribution in [2.24, 2.45) is 5.92 Å². The highest BCUT2D eigenvalue weighted by atomic mass is 16.6. The highest BCUT2D eigenvalue weighted by Gasteiger charge is 2.34. The molecular weight excluding hydrogens is 270 g/mol. The van der Waals surface area contributed by atoms with Crippen molar-refractivity contribution in [3.05, 3.63) is 0 Å². The number of nitrogens with zero attached hydrogens (tertiary/aromatic N) is 2. The van der Waals surface area contributed by atoms with Gasteiger partial charge in [-0.05, 0) is 59.0 Å². The SMILES string of the molecule is CC(C)(C)OC(=O)N1CCCC(=O)N1CC1CCCNC1. The van der Waals surface area contributed by atoms with Gasteiger partial charge in [0.2, 0.25) is 5.91 Å². The number of carbonyl (C=O) groups is 2. The van der Waals surface area contributed by atoms with Gasteiger partial charge in [0, 0.05) is 19.5 Å². The molecule has 6 heteroatoms. The smallest absolute Gasteiger partial charge is 0.429 e. The number of piperidine rings is 1. The standard InChI is InChI=1S/C15H27N3O3/c1-15(2,3)21-14(20)17-9-5-7-13(19)18(17)11-12-6-4-8-16-10-12/h12,16H,4-11H2,1-3H3. The van der Waals surface area contributed by atoms with E-state index in [2.05, 4.69) is 5.32 Å². The maximum Gasteiger partial charge on any atom is 0.429 e. The second-order valence-electron chi connectivity index (χ2n) is 6.90. The Labute approximate surface area is 126 Å². The van der Waals surface area contributed by atoms with E-state index in [4.69, 9.17) is 4.74 Å². The first-order chi connectivity index (χ1) is 9.87. The Bertz CT molecular complexity index is 386. The van der Waals surface area contributed by atoms with Crippen LogP contribution in [0.5, 0.6) is 0 Å². The molecule has 1 unspecified atom stereocenters. The molecule has 2 aliphatic heterocycles. The largest absolute Gasteiger partial charge is 0.442 e. The second-order valence-corrected chi connectivity index (χ2v) is 6.90. The lowest BCUT2D eigenvalue weighted by Crippen LogP contribution is -2.56. The van der Waals surface area contributed by atoms with E-state index in [1.54, 1.807) is 5.01 Å². The van der Waals surface area contributed by atoms with E-state index in [0.717, 1.165) is 25.9 Å². The zero-order valence-electron chi connectivity index (χ0n) is 13.4. The summed E-state index contributed by atoms with van der Waals surface area (Å²) in [6, 6.07) is 0. The van der Waals surface area contributed by atoms with Gasteiger partial charge in [0.25, 0.3) is 0 Å². The van der Waals surface area contributed by atoms with Crippen LogP contribution in [0, 0.1) is 5.92 Å². The molecule has 2 fully saturated rings. The van der Waals surface area contributed by atoms with Crippen molar-refractivity contribution in [2.75, 3.05) is 26.2 Å². The lowest BCUT2D eigenvalue weighted by Gasteiger charge is -2.41. The highest BCUT2D eigenvalue weighted by Crippen LogP contribution is 2.20. The third-order valence-corrected chi connectivity index (χ3v) is 3.77. The van der Waals surface area contributed by atoms with Crippen LogP contribution in [0.4, 0.5) is 4.79 Å². The Hall–Kier alpha value is -1.30. The summed E-state index contributed by atoms with van der Waals surface area (Å²) in [5, 5.41) is 6.45. The van der Waals surface area contributed by atoms with Crippen molar-refractivity contribution < 1.29 is 14.3 Å². The summed E-state index contributed by atoms with van der Waals surface area (Å²) in [7, 11) is 0.